The SMILES string of the molecule is COC1=C(OC)C(=O)C(CCCCCCCCCC[P+](c2ccccc2)(c2ccccc2)c2ccccc2)=CC1=O. The van der Waals surface area contributed by atoms with Crippen molar-refractivity contribution >= 4 is 34.7 Å². The highest BCUT2D eigenvalue weighted by molar-refractivity contribution is 7.95. The summed E-state index contributed by atoms with van der Waals surface area (Å²) in [4.78, 5) is 24.8. The van der Waals surface area contributed by atoms with E-state index < -0.39 is 7.26 Å². The highest BCUT2D eigenvalue weighted by atomic mass is 31.2. The highest BCUT2D eigenvalue weighted by Gasteiger charge is 2.44. The summed E-state index contributed by atoms with van der Waals surface area (Å²) in [6, 6.07) is 33.4. The molecule has 0 heterocycles. The summed E-state index contributed by atoms with van der Waals surface area (Å²) >= 11 is 0. The number of methoxy groups -OCH3 is 2. The number of unbranched alkanes of at least 4 members (excludes halogenated alkanes) is 7. The highest BCUT2D eigenvalue weighted by Crippen LogP contribution is 2.56. The molecular formula is C36H42O4P+. The lowest BCUT2D eigenvalue weighted by molar-refractivity contribution is -0.120. The number of benzene rings is 3. The van der Waals surface area contributed by atoms with Crippen LogP contribution in [-0.4, -0.2) is 31.9 Å². The van der Waals surface area contributed by atoms with E-state index in [-0.39, 0.29) is 23.1 Å². The Bertz CT molecular complexity index is 1230. The average molecular weight is 570 g/mol. The van der Waals surface area contributed by atoms with Crippen LogP contribution in [0.15, 0.2) is 114 Å². The minimum Gasteiger partial charge on any atom is -0.490 e. The smallest absolute Gasteiger partial charge is 0.227 e. The van der Waals surface area contributed by atoms with E-state index in [1.807, 2.05) is 0 Å². The van der Waals surface area contributed by atoms with Crippen LogP contribution >= 0.6 is 7.26 Å². The van der Waals surface area contributed by atoms with Crippen molar-refractivity contribution < 1.29 is 19.1 Å². The first-order valence-electron chi connectivity index (χ1n) is 14.8. The third-order valence-electron chi connectivity index (χ3n) is 7.92. The van der Waals surface area contributed by atoms with E-state index in [0.717, 1.165) is 19.3 Å². The van der Waals surface area contributed by atoms with Gasteiger partial charge in [0.25, 0.3) is 0 Å². The van der Waals surface area contributed by atoms with Crippen LogP contribution in [0.4, 0.5) is 0 Å². The van der Waals surface area contributed by atoms with Gasteiger partial charge in [-0.3, -0.25) is 9.59 Å². The Balaban J connectivity index is 1.25. The maximum atomic E-state index is 12.6. The monoisotopic (exact) mass is 569 g/mol. The van der Waals surface area contributed by atoms with Gasteiger partial charge in [0.2, 0.25) is 23.1 Å². The summed E-state index contributed by atoms with van der Waals surface area (Å²) < 4.78 is 10.2. The van der Waals surface area contributed by atoms with Crippen LogP contribution < -0.4 is 15.9 Å². The molecule has 41 heavy (non-hydrogen) atoms. The fraction of sp³-hybridized carbons (Fsp3) is 0.333. The summed E-state index contributed by atoms with van der Waals surface area (Å²) in [5, 5.41) is 4.37. The van der Waals surface area contributed by atoms with Gasteiger partial charge in [0, 0.05) is 5.57 Å². The third kappa shape index (κ3) is 7.43. The lowest BCUT2D eigenvalue weighted by Crippen LogP contribution is -2.33. The fourth-order valence-electron chi connectivity index (χ4n) is 5.82. The van der Waals surface area contributed by atoms with Crippen molar-refractivity contribution in [2.45, 2.75) is 57.8 Å². The van der Waals surface area contributed by atoms with E-state index in [0.29, 0.717) is 12.0 Å². The number of hydrogen-bond acceptors (Lipinski definition) is 4. The largest absolute Gasteiger partial charge is 0.490 e. The molecule has 0 spiro atoms. The molecule has 5 heteroatoms. The molecule has 3 aromatic carbocycles. The first-order chi connectivity index (χ1) is 20.1. The molecule has 0 amide bonds. The van der Waals surface area contributed by atoms with Gasteiger partial charge in [0.05, 0.1) is 20.4 Å². The quantitative estimate of drug-likeness (QED) is 0.105. The van der Waals surface area contributed by atoms with Gasteiger partial charge in [-0.1, -0.05) is 86.7 Å². The Hall–Kier alpha value is -3.49. The van der Waals surface area contributed by atoms with Crippen LogP contribution in [0.3, 0.4) is 0 Å². The molecule has 0 unspecified atom stereocenters. The zero-order chi connectivity index (χ0) is 28.9. The number of ether oxygens (including phenoxy) is 2. The molecule has 0 aromatic heterocycles. The summed E-state index contributed by atoms with van der Waals surface area (Å²) in [6.07, 6.45) is 12.3. The number of rotatable bonds is 16. The van der Waals surface area contributed by atoms with Crippen molar-refractivity contribution in [3.05, 3.63) is 114 Å². The Labute approximate surface area is 245 Å². The number of Topliss-reactive ketones (excluding diaryl/α,β-unsaturated/α-hetero) is 1. The van der Waals surface area contributed by atoms with Crippen LogP contribution in [-0.2, 0) is 19.1 Å². The standard InChI is InChI=1S/C36H42O4P/c1-39-35-33(37)28-29(34(38)36(35)40-2)20-12-7-5-3-4-6-8-19-27-41(30-21-13-9-14-22-30,31-23-15-10-16-24-31)32-25-17-11-18-26-32/h9-11,13-18,21-26,28H,3-8,12,19-20,27H2,1-2H3/q+1. The van der Waals surface area contributed by atoms with E-state index in [9.17, 15) is 9.59 Å². The number of hydrogen-bond donors (Lipinski definition) is 0. The molecule has 1 aliphatic carbocycles. The number of carbonyl (C=O) groups is 2. The van der Waals surface area contributed by atoms with Crippen molar-refractivity contribution in [1.82, 2.24) is 0 Å². The van der Waals surface area contributed by atoms with Crippen molar-refractivity contribution in [3.63, 3.8) is 0 Å². The molecule has 214 valence electrons. The van der Waals surface area contributed by atoms with Crippen molar-refractivity contribution in [3.8, 4) is 0 Å². The molecule has 4 rings (SSSR count). The zero-order valence-corrected chi connectivity index (χ0v) is 25.3. The normalized spacial score (nSPS) is 13.8. The van der Waals surface area contributed by atoms with Crippen LogP contribution in [0.2, 0.25) is 0 Å². The number of carbonyl (C=O) groups excluding carboxylic acids is 2. The lowest BCUT2D eigenvalue weighted by Gasteiger charge is -2.27. The molecule has 0 saturated heterocycles. The summed E-state index contributed by atoms with van der Waals surface area (Å²) in [6.45, 7) is 0. The van der Waals surface area contributed by atoms with E-state index in [1.54, 1.807) is 0 Å². The number of allylic oxidation sites excluding steroid dienone is 2. The molecule has 0 fully saturated rings. The maximum absolute atomic E-state index is 12.6. The van der Waals surface area contributed by atoms with Gasteiger partial charge in [0.1, 0.15) is 23.2 Å². The summed E-state index contributed by atoms with van der Waals surface area (Å²) in [7, 11) is 1.04. The van der Waals surface area contributed by atoms with Gasteiger partial charge < -0.3 is 9.47 Å². The minimum absolute atomic E-state index is 0.00284. The summed E-state index contributed by atoms with van der Waals surface area (Å²) in [5.41, 5.74) is 0.523. The van der Waals surface area contributed by atoms with Gasteiger partial charge in [0.15, 0.2) is 0 Å². The number of ketones is 2. The Kier molecular flexibility index (Phi) is 11.5. The van der Waals surface area contributed by atoms with E-state index >= 15 is 0 Å². The first-order valence-corrected chi connectivity index (χ1v) is 16.8. The second-order valence-electron chi connectivity index (χ2n) is 10.5. The Morgan fingerprint density at radius 3 is 1.39 bits per heavy atom. The molecule has 0 saturated carbocycles. The molecule has 0 bridgehead atoms. The predicted molar refractivity (Wildman–Crippen MR) is 171 cm³/mol. The molecule has 0 aliphatic heterocycles. The lowest BCUT2D eigenvalue weighted by atomic mass is 9.95. The fourth-order valence-corrected chi connectivity index (χ4v) is 10.2. The van der Waals surface area contributed by atoms with Gasteiger partial charge >= 0.3 is 0 Å². The zero-order valence-electron chi connectivity index (χ0n) is 24.4. The van der Waals surface area contributed by atoms with E-state index in [2.05, 4.69) is 91.0 Å². The average Bonchev–Trinajstić information content (AvgIpc) is 3.02. The second-order valence-corrected chi connectivity index (χ2v) is 14.2. The van der Waals surface area contributed by atoms with Gasteiger partial charge in [-0.25, -0.2) is 0 Å². The van der Waals surface area contributed by atoms with Crippen molar-refractivity contribution in [2.75, 3.05) is 20.4 Å². The van der Waals surface area contributed by atoms with Crippen LogP contribution in [0.5, 0.6) is 0 Å². The van der Waals surface area contributed by atoms with Crippen LogP contribution in [0.25, 0.3) is 0 Å². The molecule has 0 atom stereocenters. The van der Waals surface area contributed by atoms with Crippen LogP contribution in [0, 0.1) is 0 Å². The van der Waals surface area contributed by atoms with Gasteiger partial charge in [-0.05, 0) is 68.2 Å². The molecule has 1 aliphatic rings. The van der Waals surface area contributed by atoms with Crippen molar-refractivity contribution in [1.29, 1.82) is 0 Å². The minimum atomic E-state index is -1.74. The molecule has 0 N–H and O–H groups in total. The predicted octanol–water partition coefficient (Wildman–Crippen LogP) is 7.07. The van der Waals surface area contributed by atoms with Gasteiger partial charge in [-0.2, -0.15) is 0 Å². The maximum Gasteiger partial charge on any atom is 0.227 e. The Morgan fingerprint density at radius 2 is 0.951 bits per heavy atom. The Morgan fingerprint density at radius 1 is 0.537 bits per heavy atom. The first kappa shape index (κ1) is 30.5. The second kappa shape index (κ2) is 15.5. The third-order valence-corrected chi connectivity index (χ3v) is 12.4. The van der Waals surface area contributed by atoms with Crippen molar-refractivity contribution in [2.24, 2.45) is 0 Å². The van der Waals surface area contributed by atoms with Gasteiger partial charge in [-0.15, -0.1) is 0 Å². The summed E-state index contributed by atoms with van der Waals surface area (Å²) in [5.74, 6) is -0.508. The molecule has 3 aromatic rings. The van der Waals surface area contributed by atoms with Crippen LogP contribution in [0.1, 0.15) is 57.8 Å². The molecular weight excluding hydrogens is 527 g/mol. The van der Waals surface area contributed by atoms with E-state index in [4.69, 9.17) is 9.47 Å². The topological polar surface area (TPSA) is 52.6 Å². The van der Waals surface area contributed by atoms with E-state index in [1.165, 1.54) is 74.5 Å². The molecule has 0 radical (unpaired) electrons. The molecule has 4 nitrogen and oxygen atoms in total.